The molecule has 2 fully saturated rings. The second-order valence-electron chi connectivity index (χ2n) is 7.43. The first kappa shape index (κ1) is 22.8. The Morgan fingerprint density at radius 1 is 1.45 bits per heavy atom. The van der Waals surface area contributed by atoms with Crippen LogP contribution in [0.25, 0.3) is 5.57 Å². The summed E-state index contributed by atoms with van der Waals surface area (Å²) in [5.74, 6) is 0.458. The average Bonchev–Trinajstić information content (AvgIpc) is 2.72. The van der Waals surface area contributed by atoms with E-state index < -0.39 is 23.9 Å². The molecular formula is C21H26F3N5O2. The number of allylic oxidation sites excluding steroid dienone is 1. The molecule has 2 N–H and O–H groups in total. The van der Waals surface area contributed by atoms with Gasteiger partial charge in [-0.2, -0.15) is 13.2 Å². The van der Waals surface area contributed by atoms with E-state index in [0.29, 0.717) is 30.8 Å². The molecule has 0 aromatic carbocycles. The number of carbonyl (C=O) groups excluding carboxylic acids is 1. The number of amides is 1. The number of carbonyl (C=O) groups is 1. The normalized spacial score (nSPS) is 25.2. The van der Waals surface area contributed by atoms with Crippen molar-refractivity contribution in [3.8, 4) is 0 Å². The summed E-state index contributed by atoms with van der Waals surface area (Å²) >= 11 is 0. The Balaban J connectivity index is 2.17. The maximum absolute atomic E-state index is 13.7. The topological polar surface area (TPSA) is 78.8 Å². The third-order valence-corrected chi connectivity index (χ3v) is 5.43. The molecule has 3 rings (SSSR count). The zero-order valence-corrected chi connectivity index (χ0v) is 17.7. The number of alkyl halides is 3. The first-order chi connectivity index (χ1) is 14.7. The number of alkyl carbamates (subject to hydrolysis) is 1. The predicted molar refractivity (Wildman–Crippen MR) is 113 cm³/mol. The van der Waals surface area contributed by atoms with Crippen molar-refractivity contribution < 1.29 is 22.7 Å². The van der Waals surface area contributed by atoms with Gasteiger partial charge in [-0.25, -0.2) is 14.8 Å². The predicted octanol–water partition coefficient (Wildman–Crippen LogP) is 3.73. The van der Waals surface area contributed by atoms with Crippen LogP contribution in [0.4, 0.5) is 23.8 Å². The van der Waals surface area contributed by atoms with Gasteiger partial charge in [-0.3, -0.25) is 5.32 Å². The molecule has 2 aliphatic rings. The minimum atomic E-state index is -4.53. The Morgan fingerprint density at radius 3 is 2.84 bits per heavy atom. The molecular weight excluding hydrogens is 411 g/mol. The van der Waals surface area contributed by atoms with E-state index in [1.165, 1.54) is 6.20 Å². The molecule has 2 aliphatic heterocycles. The molecule has 3 heterocycles. The van der Waals surface area contributed by atoms with E-state index >= 15 is 0 Å². The van der Waals surface area contributed by atoms with E-state index in [1.807, 2.05) is 11.8 Å². The molecule has 0 aliphatic carbocycles. The van der Waals surface area contributed by atoms with Gasteiger partial charge in [0.05, 0.1) is 11.3 Å². The lowest BCUT2D eigenvalue weighted by Crippen LogP contribution is -2.51. The van der Waals surface area contributed by atoms with Crippen molar-refractivity contribution >= 4 is 23.3 Å². The second-order valence-corrected chi connectivity index (χ2v) is 7.43. The van der Waals surface area contributed by atoms with Crippen LogP contribution in [0.2, 0.25) is 0 Å². The number of amidine groups is 1. The molecule has 31 heavy (non-hydrogen) atoms. The van der Waals surface area contributed by atoms with E-state index in [-0.39, 0.29) is 23.4 Å². The highest BCUT2D eigenvalue weighted by atomic mass is 19.4. The second kappa shape index (κ2) is 9.09. The third-order valence-electron chi connectivity index (χ3n) is 5.43. The number of piperazine rings is 1. The monoisotopic (exact) mass is 437 g/mol. The summed E-state index contributed by atoms with van der Waals surface area (Å²) < 4.78 is 46.4. The van der Waals surface area contributed by atoms with Crippen molar-refractivity contribution in [3.63, 3.8) is 0 Å². The largest absolute Gasteiger partial charge is 0.441 e. The van der Waals surface area contributed by atoms with Crippen LogP contribution in [0.5, 0.6) is 0 Å². The summed E-state index contributed by atoms with van der Waals surface area (Å²) in [4.78, 5) is 22.3. The summed E-state index contributed by atoms with van der Waals surface area (Å²) in [6, 6.07) is 2.15. The molecule has 7 nitrogen and oxygen atoms in total. The van der Waals surface area contributed by atoms with Crippen LogP contribution in [-0.2, 0) is 10.9 Å². The molecule has 0 saturated carbocycles. The Hall–Kier alpha value is -2.88. The van der Waals surface area contributed by atoms with Crippen molar-refractivity contribution in [2.45, 2.75) is 45.5 Å². The first-order valence-electron chi connectivity index (χ1n) is 10.1. The van der Waals surface area contributed by atoms with Crippen LogP contribution >= 0.6 is 0 Å². The van der Waals surface area contributed by atoms with Gasteiger partial charge in [0.2, 0.25) is 0 Å². The SMILES string of the molecule is C=CN=C1NC(=O)OC(C)/C1=C(/C)c1cc(C(F)(F)F)cc(N2CCNC[C@H]2CC)n1. The molecule has 0 spiro atoms. The van der Waals surface area contributed by atoms with Gasteiger partial charge in [0.15, 0.2) is 0 Å². The fraction of sp³-hybridized carbons (Fsp3) is 0.476. The zero-order valence-electron chi connectivity index (χ0n) is 17.7. The fourth-order valence-corrected chi connectivity index (χ4v) is 3.87. The van der Waals surface area contributed by atoms with Crippen LogP contribution in [0.15, 0.2) is 35.5 Å². The molecule has 0 bridgehead atoms. The Bertz CT molecular complexity index is 926. The molecule has 2 atom stereocenters. The first-order valence-corrected chi connectivity index (χ1v) is 10.1. The van der Waals surface area contributed by atoms with E-state index in [4.69, 9.17) is 4.74 Å². The van der Waals surface area contributed by atoms with E-state index in [0.717, 1.165) is 18.6 Å². The van der Waals surface area contributed by atoms with Gasteiger partial charge in [-0.15, -0.1) is 0 Å². The maximum Gasteiger partial charge on any atom is 0.416 e. The number of aromatic nitrogens is 1. The molecule has 1 amide bonds. The van der Waals surface area contributed by atoms with Crippen molar-refractivity contribution in [1.29, 1.82) is 0 Å². The molecule has 1 unspecified atom stereocenters. The third kappa shape index (κ3) is 4.90. The summed E-state index contributed by atoms with van der Waals surface area (Å²) in [5.41, 5.74) is 0.251. The number of anilines is 1. The molecule has 0 radical (unpaired) electrons. The number of hydrogen-bond donors (Lipinski definition) is 2. The van der Waals surface area contributed by atoms with Crippen LogP contribution in [0.1, 0.15) is 38.4 Å². The lowest BCUT2D eigenvalue weighted by molar-refractivity contribution is -0.137. The highest BCUT2D eigenvalue weighted by Crippen LogP contribution is 2.35. The number of ether oxygens (including phenoxy) is 1. The minimum absolute atomic E-state index is 0.0413. The van der Waals surface area contributed by atoms with Crippen molar-refractivity contribution in [1.82, 2.24) is 15.6 Å². The Kier molecular flexibility index (Phi) is 6.68. The van der Waals surface area contributed by atoms with Crippen LogP contribution in [0.3, 0.4) is 0 Å². The van der Waals surface area contributed by atoms with Gasteiger partial charge >= 0.3 is 12.3 Å². The summed E-state index contributed by atoms with van der Waals surface area (Å²) in [7, 11) is 0. The van der Waals surface area contributed by atoms with E-state index in [2.05, 4.69) is 27.2 Å². The van der Waals surface area contributed by atoms with Gasteiger partial charge in [-0.05, 0) is 38.0 Å². The number of nitrogens with zero attached hydrogens (tertiary/aromatic N) is 3. The summed E-state index contributed by atoms with van der Waals surface area (Å²) in [6.07, 6.45) is -3.91. The number of nitrogens with one attached hydrogen (secondary N) is 2. The number of rotatable bonds is 4. The number of pyridine rings is 1. The standard InChI is InChI=1S/C21H26F3N5O2/c1-5-15-11-25-7-8-29(15)17-10-14(21(22,23)24)9-16(27-17)12(3)18-13(4)31-20(30)28-19(18)26-6-2/h6,9-10,13,15,25H,2,5,7-8,11H2,1,3-4H3,(H,26,28,30)/b18-12+/t13?,15-/m1/s1. The van der Waals surface area contributed by atoms with Crippen LogP contribution in [-0.4, -0.2) is 48.7 Å². The van der Waals surface area contributed by atoms with Crippen LogP contribution < -0.4 is 15.5 Å². The summed E-state index contributed by atoms with van der Waals surface area (Å²) in [6.45, 7) is 10.7. The van der Waals surface area contributed by atoms with E-state index in [9.17, 15) is 18.0 Å². The summed E-state index contributed by atoms with van der Waals surface area (Å²) in [5, 5.41) is 5.74. The lowest BCUT2D eigenvalue weighted by atomic mass is 9.98. The van der Waals surface area contributed by atoms with Crippen molar-refractivity contribution in [2.75, 3.05) is 24.5 Å². The Morgan fingerprint density at radius 2 is 2.19 bits per heavy atom. The van der Waals surface area contributed by atoms with Crippen LogP contribution in [0, 0.1) is 0 Å². The van der Waals surface area contributed by atoms with E-state index in [1.54, 1.807) is 13.8 Å². The highest BCUT2D eigenvalue weighted by molar-refractivity contribution is 6.13. The lowest BCUT2D eigenvalue weighted by Gasteiger charge is -2.37. The quantitative estimate of drug-likeness (QED) is 0.751. The minimum Gasteiger partial charge on any atom is -0.441 e. The number of cyclic esters (lactones) is 1. The molecule has 1 aromatic rings. The molecule has 168 valence electrons. The number of halogens is 3. The molecule has 2 saturated heterocycles. The van der Waals surface area contributed by atoms with Gasteiger partial charge in [-0.1, -0.05) is 13.5 Å². The number of aliphatic imine (C=N–C) groups is 1. The molecule has 1 aromatic heterocycles. The average molecular weight is 437 g/mol. The van der Waals surface area contributed by atoms with Gasteiger partial charge in [0.1, 0.15) is 17.8 Å². The van der Waals surface area contributed by atoms with Gasteiger partial charge in [0.25, 0.3) is 0 Å². The highest BCUT2D eigenvalue weighted by Gasteiger charge is 2.35. The zero-order chi connectivity index (χ0) is 22.8. The number of hydrogen-bond acceptors (Lipinski definition) is 6. The smallest absolute Gasteiger partial charge is 0.416 e. The van der Waals surface area contributed by atoms with Gasteiger partial charge in [0, 0.05) is 37.4 Å². The Labute approximate surface area is 179 Å². The fourth-order valence-electron chi connectivity index (χ4n) is 3.87. The van der Waals surface area contributed by atoms with Gasteiger partial charge < -0.3 is 15.0 Å². The van der Waals surface area contributed by atoms with Crippen molar-refractivity contribution in [3.05, 3.63) is 41.7 Å². The van der Waals surface area contributed by atoms with Crippen molar-refractivity contribution in [2.24, 2.45) is 4.99 Å². The molecule has 10 heteroatoms. The maximum atomic E-state index is 13.7.